The lowest BCUT2D eigenvalue weighted by molar-refractivity contribution is -0.384. The van der Waals surface area contributed by atoms with E-state index in [1.807, 2.05) is 24.3 Å². The fourth-order valence-electron chi connectivity index (χ4n) is 1.72. The van der Waals surface area contributed by atoms with Crippen molar-refractivity contribution in [3.05, 3.63) is 74.8 Å². The highest BCUT2D eigenvalue weighted by Gasteiger charge is 2.03. The first-order chi connectivity index (χ1) is 8.65. The van der Waals surface area contributed by atoms with Crippen molar-refractivity contribution >= 4 is 17.3 Å². The van der Waals surface area contributed by atoms with Gasteiger partial charge in [0.2, 0.25) is 0 Å². The highest BCUT2D eigenvalue weighted by molar-refractivity contribution is 6.30. The summed E-state index contributed by atoms with van der Waals surface area (Å²) in [5, 5.41) is 11.2. The Bertz CT molecular complexity index is 535. The zero-order chi connectivity index (χ0) is 13.0. The number of aryl methyl sites for hydroxylation is 2. The average molecular weight is 262 g/mol. The van der Waals surface area contributed by atoms with E-state index in [9.17, 15) is 10.1 Å². The molecular formula is C14H12ClNO2. The van der Waals surface area contributed by atoms with Gasteiger partial charge in [-0.05, 0) is 36.1 Å². The molecule has 0 aliphatic rings. The van der Waals surface area contributed by atoms with E-state index in [-0.39, 0.29) is 10.6 Å². The van der Waals surface area contributed by atoms with Gasteiger partial charge in [-0.15, -0.1) is 0 Å². The Morgan fingerprint density at radius 3 is 1.78 bits per heavy atom. The molecule has 18 heavy (non-hydrogen) atoms. The molecule has 0 unspecified atom stereocenters. The Kier molecular flexibility index (Phi) is 3.95. The Morgan fingerprint density at radius 2 is 1.33 bits per heavy atom. The summed E-state index contributed by atoms with van der Waals surface area (Å²) in [7, 11) is 0. The summed E-state index contributed by atoms with van der Waals surface area (Å²) in [5.74, 6) is 0. The summed E-state index contributed by atoms with van der Waals surface area (Å²) in [6.07, 6.45) is 1.76. The second-order valence-electron chi connectivity index (χ2n) is 4.05. The van der Waals surface area contributed by atoms with Gasteiger partial charge in [-0.1, -0.05) is 35.9 Å². The highest BCUT2D eigenvalue weighted by Crippen LogP contribution is 2.15. The average Bonchev–Trinajstić information content (AvgIpc) is 2.38. The van der Waals surface area contributed by atoms with Crippen molar-refractivity contribution in [2.45, 2.75) is 12.8 Å². The van der Waals surface area contributed by atoms with Gasteiger partial charge in [-0.2, -0.15) is 0 Å². The monoisotopic (exact) mass is 261 g/mol. The molecule has 4 heteroatoms. The largest absolute Gasteiger partial charge is 0.269 e. The number of nitro benzene ring substituents is 1. The molecule has 2 aromatic carbocycles. The minimum absolute atomic E-state index is 0.130. The summed E-state index contributed by atoms with van der Waals surface area (Å²) < 4.78 is 0. The number of halogens is 1. The van der Waals surface area contributed by atoms with E-state index in [0.29, 0.717) is 0 Å². The van der Waals surface area contributed by atoms with Crippen molar-refractivity contribution in [3.63, 3.8) is 0 Å². The molecule has 0 bridgehead atoms. The van der Waals surface area contributed by atoms with Gasteiger partial charge in [-0.3, -0.25) is 10.1 Å². The van der Waals surface area contributed by atoms with Crippen LogP contribution in [0.4, 0.5) is 5.69 Å². The lowest BCUT2D eigenvalue weighted by atomic mass is 10.0. The Morgan fingerprint density at radius 1 is 0.889 bits per heavy atom. The molecule has 92 valence electrons. The quantitative estimate of drug-likeness (QED) is 0.616. The van der Waals surface area contributed by atoms with Crippen LogP contribution in [0.25, 0.3) is 0 Å². The smallest absolute Gasteiger partial charge is 0.258 e. The van der Waals surface area contributed by atoms with Gasteiger partial charge in [0.15, 0.2) is 0 Å². The van der Waals surface area contributed by atoms with E-state index < -0.39 is 0 Å². The molecule has 0 saturated carbocycles. The summed E-state index contributed by atoms with van der Waals surface area (Å²) in [5.41, 5.74) is 2.43. The van der Waals surface area contributed by atoms with E-state index in [0.717, 1.165) is 23.4 Å². The first-order valence-electron chi connectivity index (χ1n) is 5.63. The molecule has 0 amide bonds. The Hall–Kier alpha value is -1.87. The van der Waals surface area contributed by atoms with Crippen molar-refractivity contribution in [2.24, 2.45) is 0 Å². The predicted molar refractivity (Wildman–Crippen MR) is 72.0 cm³/mol. The molecule has 0 N–H and O–H groups in total. The van der Waals surface area contributed by atoms with Crippen LogP contribution in [0.3, 0.4) is 0 Å². The first-order valence-corrected chi connectivity index (χ1v) is 6.01. The lowest BCUT2D eigenvalue weighted by Gasteiger charge is -2.02. The SMILES string of the molecule is O=[N+]([O-])c1ccc(CCc2ccc(Cl)cc2)cc1. The van der Waals surface area contributed by atoms with Crippen molar-refractivity contribution in [2.75, 3.05) is 0 Å². The maximum atomic E-state index is 10.5. The fraction of sp³-hybridized carbons (Fsp3) is 0.143. The van der Waals surface area contributed by atoms with Gasteiger partial charge in [-0.25, -0.2) is 0 Å². The van der Waals surface area contributed by atoms with E-state index in [1.54, 1.807) is 12.1 Å². The van der Waals surface area contributed by atoms with Crippen LogP contribution >= 0.6 is 11.6 Å². The number of nitrogens with zero attached hydrogens (tertiary/aromatic N) is 1. The zero-order valence-electron chi connectivity index (χ0n) is 9.67. The van der Waals surface area contributed by atoms with Crippen LogP contribution in [0.2, 0.25) is 5.02 Å². The highest BCUT2D eigenvalue weighted by atomic mass is 35.5. The van der Waals surface area contributed by atoms with Crippen LogP contribution in [-0.2, 0) is 12.8 Å². The number of benzene rings is 2. The van der Waals surface area contributed by atoms with Gasteiger partial charge in [0.05, 0.1) is 4.92 Å². The molecule has 0 aliphatic heterocycles. The standard InChI is InChI=1S/C14H12ClNO2/c15-13-7-3-11(4-8-13)1-2-12-5-9-14(10-6-12)16(17)18/h3-10H,1-2H2. The van der Waals surface area contributed by atoms with Crippen molar-refractivity contribution in [3.8, 4) is 0 Å². The predicted octanol–water partition coefficient (Wildman–Crippen LogP) is 4.03. The third-order valence-electron chi connectivity index (χ3n) is 2.76. The van der Waals surface area contributed by atoms with Gasteiger partial charge >= 0.3 is 0 Å². The van der Waals surface area contributed by atoms with Crippen LogP contribution in [-0.4, -0.2) is 4.92 Å². The van der Waals surface area contributed by atoms with E-state index >= 15 is 0 Å². The maximum absolute atomic E-state index is 10.5. The minimum Gasteiger partial charge on any atom is -0.258 e. The summed E-state index contributed by atoms with van der Waals surface area (Å²) in [4.78, 5) is 10.1. The van der Waals surface area contributed by atoms with Crippen LogP contribution in [0.1, 0.15) is 11.1 Å². The topological polar surface area (TPSA) is 43.1 Å². The molecule has 0 atom stereocenters. The summed E-state index contributed by atoms with van der Waals surface area (Å²) in [6, 6.07) is 14.4. The normalized spacial score (nSPS) is 10.3. The molecule has 0 fully saturated rings. The fourth-order valence-corrected chi connectivity index (χ4v) is 1.85. The molecule has 0 saturated heterocycles. The van der Waals surface area contributed by atoms with Crippen LogP contribution in [0.5, 0.6) is 0 Å². The van der Waals surface area contributed by atoms with Gasteiger partial charge in [0.1, 0.15) is 0 Å². The Balaban J connectivity index is 1.97. The first kappa shape index (κ1) is 12.6. The van der Waals surface area contributed by atoms with Crippen molar-refractivity contribution < 1.29 is 4.92 Å². The molecule has 0 aromatic heterocycles. The van der Waals surface area contributed by atoms with Gasteiger partial charge in [0.25, 0.3) is 5.69 Å². The second kappa shape index (κ2) is 5.65. The lowest BCUT2D eigenvalue weighted by Crippen LogP contribution is -1.92. The molecule has 0 radical (unpaired) electrons. The number of rotatable bonds is 4. The molecule has 3 nitrogen and oxygen atoms in total. The van der Waals surface area contributed by atoms with Crippen molar-refractivity contribution in [1.82, 2.24) is 0 Å². The maximum Gasteiger partial charge on any atom is 0.269 e. The summed E-state index contributed by atoms with van der Waals surface area (Å²) >= 11 is 5.81. The molecule has 2 rings (SSSR count). The molecule has 2 aromatic rings. The Labute approximate surface area is 110 Å². The third-order valence-corrected chi connectivity index (χ3v) is 3.01. The zero-order valence-corrected chi connectivity index (χ0v) is 10.4. The van der Waals surface area contributed by atoms with E-state index in [1.165, 1.54) is 17.7 Å². The summed E-state index contributed by atoms with van der Waals surface area (Å²) in [6.45, 7) is 0. The van der Waals surface area contributed by atoms with E-state index in [4.69, 9.17) is 11.6 Å². The van der Waals surface area contributed by atoms with Crippen LogP contribution in [0.15, 0.2) is 48.5 Å². The number of hydrogen-bond acceptors (Lipinski definition) is 2. The number of non-ortho nitro benzene ring substituents is 1. The van der Waals surface area contributed by atoms with Gasteiger partial charge in [0, 0.05) is 17.2 Å². The van der Waals surface area contributed by atoms with Gasteiger partial charge < -0.3 is 0 Å². The minimum atomic E-state index is -0.386. The second-order valence-corrected chi connectivity index (χ2v) is 4.49. The van der Waals surface area contributed by atoms with Crippen LogP contribution < -0.4 is 0 Å². The van der Waals surface area contributed by atoms with Crippen molar-refractivity contribution in [1.29, 1.82) is 0 Å². The van der Waals surface area contributed by atoms with Crippen LogP contribution in [0, 0.1) is 10.1 Å². The number of hydrogen-bond donors (Lipinski definition) is 0. The molecule has 0 heterocycles. The molecule has 0 spiro atoms. The molecule has 0 aliphatic carbocycles. The third kappa shape index (κ3) is 3.31. The molecular weight excluding hydrogens is 250 g/mol. The number of nitro groups is 1. The van der Waals surface area contributed by atoms with E-state index in [2.05, 4.69) is 0 Å².